The molecule has 10 heteroatoms. The van der Waals surface area contributed by atoms with E-state index in [1.165, 1.54) is 17.0 Å². The van der Waals surface area contributed by atoms with Crippen LogP contribution in [0.1, 0.15) is 51.7 Å². The lowest BCUT2D eigenvalue weighted by Crippen LogP contribution is -2.51. The van der Waals surface area contributed by atoms with Gasteiger partial charge in [-0.3, -0.25) is 13.9 Å². The standard InChI is InChI=1S/C31H37Cl2N3O4S/c1-21(2)18-34-31(38)23(5)35(19-24-11-16-28(32)29(33)17-24)30(37)20-36(26-14-12-25(13-15-26)22(3)4)41(39,40)27-9-7-6-8-10-27/h6-17,21-23H,18-20H2,1-5H3,(H,34,38)/t23-/m1/s1. The first-order valence-electron chi connectivity index (χ1n) is 13.5. The predicted octanol–water partition coefficient (Wildman–Crippen LogP) is 6.50. The summed E-state index contributed by atoms with van der Waals surface area (Å²) in [5, 5.41) is 3.54. The molecule has 220 valence electrons. The van der Waals surface area contributed by atoms with Crippen molar-refractivity contribution in [1.29, 1.82) is 0 Å². The zero-order valence-corrected chi connectivity index (χ0v) is 26.3. The first-order chi connectivity index (χ1) is 19.3. The van der Waals surface area contributed by atoms with Crippen LogP contribution in [0.5, 0.6) is 0 Å². The summed E-state index contributed by atoms with van der Waals surface area (Å²) in [6.07, 6.45) is 0. The highest BCUT2D eigenvalue weighted by atomic mass is 35.5. The van der Waals surface area contributed by atoms with E-state index in [0.717, 1.165) is 9.87 Å². The number of nitrogens with one attached hydrogen (secondary N) is 1. The van der Waals surface area contributed by atoms with E-state index in [9.17, 15) is 18.0 Å². The zero-order valence-electron chi connectivity index (χ0n) is 24.0. The largest absolute Gasteiger partial charge is 0.354 e. The number of hydrogen-bond donors (Lipinski definition) is 1. The van der Waals surface area contributed by atoms with Crippen LogP contribution in [-0.4, -0.2) is 44.3 Å². The van der Waals surface area contributed by atoms with Gasteiger partial charge in [0.2, 0.25) is 11.8 Å². The van der Waals surface area contributed by atoms with Gasteiger partial charge in [0.1, 0.15) is 12.6 Å². The van der Waals surface area contributed by atoms with E-state index in [-0.39, 0.29) is 29.2 Å². The summed E-state index contributed by atoms with van der Waals surface area (Å²) in [5.41, 5.74) is 2.03. The average molecular weight is 619 g/mol. The molecule has 0 unspecified atom stereocenters. The number of halogens is 2. The van der Waals surface area contributed by atoms with Crippen LogP contribution < -0.4 is 9.62 Å². The van der Waals surface area contributed by atoms with E-state index < -0.39 is 28.5 Å². The second-order valence-corrected chi connectivity index (χ2v) is 13.3. The van der Waals surface area contributed by atoms with Gasteiger partial charge in [-0.05, 0) is 66.3 Å². The normalized spacial score (nSPS) is 12.3. The third-order valence-electron chi connectivity index (χ3n) is 6.65. The number of carbonyl (C=O) groups excluding carboxylic acids is 2. The Morgan fingerprint density at radius 2 is 1.49 bits per heavy atom. The van der Waals surface area contributed by atoms with Crippen molar-refractivity contribution in [2.45, 2.75) is 58.0 Å². The maximum Gasteiger partial charge on any atom is 0.264 e. The Bertz CT molecular complexity index is 1450. The van der Waals surface area contributed by atoms with Gasteiger partial charge in [0.05, 0.1) is 20.6 Å². The van der Waals surface area contributed by atoms with Gasteiger partial charge in [-0.25, -0.2) is 8.42 Å². The maximum atomic E-state index is 14.0. The fourth-order valence-electron chi connectivity index (χ4n) is 4.14. The lowest BCUT2D eigenvalue weighted by atomic mass is 10.0. The van der Waals surface area contributed by atoms with Gasteiger partial charge in [0, 0.05) is 13.1 Å². The van der Waals surface area contributed by atoms with Crippen molar-refractivity contribution in [3.8, 4) is 0 Å². The van der Waals surface area contributed by atoms with Crippen molar-refractivity contribution >= 4 is 50.7 Å². The summed E-state index contributed by atoms with van der Waals surface area (Å²) in [6, 6.07) is 19.2. The third-order valence-corrected chi connectivity index (χ3v) is 9.17. The molecule has 0 bridgehead atoms. The predicted molar refractivity (Wildman–Crippen MR) is 166 cm³/mol. The molecule has 0 radical (unpaired) electrons. The minimum Gasteiger partial charge on any atom is -0.354 e. The molecule has 0 fully saturated rings. The highest BCUT2D eigenvalue weighted by Gasteiger charge is 2.32. The van der Waals surface area contributed by atoms with Crippen LogP contribution in [0.4, 0.5) is 5.69 Å². The van der Waals surface area contributed by atoms with E-state index in [1.807, 2.05) is 39.8 Å². The molecule has 1 atom stereocenters. The summed E-state index contributed by atoms with van der Waals surface area (Å²) < 4.78 is 28.8. The minimum atomic E-state index is -4.12. The molecule has 3 aromatic carbocycles. The van der Waals surface area contributed by atoms with Crippen LogP contribution in [0.2, 0.25) is 10.0 Å². The molecule has 1 N–H and O–H groups in total. The molecule has 7 nitrogen and oxygen atoms in total. The molecule has 0 saturated heterocycles. The van der Waals surface area contributed by atoms with Crippen LogP contribution in [0, 0.1) is 5.92 Å². The Labute approximate surface area is 253 Å². The number of benzene rings is 3. The summed E-state index contributed by atoms with van der Waals surface area (Å²) in [7, 11) is -4.12. The van der Waals surface area contributed by atoms with Gasteiger partial charge in [-0.2, -0.15) is 0 Å². The number of hydrogen-bond acceptors (Lipinski definition) is 4. The van der Waals surface area contributed by atoms with Crippen molar-refractivity contribution in [3.63, 3.8) is 0 Å². The van der Waals surface area contributed by atoms with Gasteiger partial charge >= 0.3 is 0 Å². The van der Waals surface area contributed by atoms with Gasteiger partial charge in [-0.15, -0.1) is 0 Å². The fraction of sp³-hybridized carbons (Fsp3) is 0.355. The molecule has 0 heterocycles. The van der Waals surface area contributed by atoms with Gasteiger partial charge < -0.3 is 10.2 Å². The second-order valence-electron chi connectivity index (χ2n) is 10.7. The van der Waals surface area contributed by atoms with Crippen molar-refractivity contribution in [2.75, 3.05) is 17.4 Å². The summed E-state index contributed by atoms with van der Waals surface area (Å²) in [4.78, 5) is 28.5. The molecular formula is C31H37Cl2N3O4S. The molecule has 3 aromatic rings. The molecular weight excluding hydrogens is 581 g/mol. The Kier molecular flexibility index (Phi) is 11.2. The molecule has 0 aliphatic heterocycles. The number of carbonyl (C=O) groups is 2. The lowest BCUT2D eigenvalue weighted by molar-refractivity contribution is -0.139. The average Bonchev–Trinajstić information content (AvgIpc) is 2.95. The van der Waals surface area contributed by atoms with E-state index in [4.69, 9.17) is 23.2 Å². The molecule has 0 aliphatic rings. The summed E-state index contributed by atoms with van der Waals surface area (Å²) >= 11 is 12.3. The van der Waals surface area contributed by atoms with E-state index in [2.05, 4.69) is 5.32 Å². The molecule has 0 spiro atoms. The third kappa shape index (κ3) is 8.47. The maximum absolute atomic E-state index is 14.0. The Hall–Kier alpha value is -3.07. The minimum absolute atomic E-state index is 0.0253. The molecule has 2 amide bonds. The Balaban J connectivity index is 2.03. The van der Waals surface area contributed by atoms with Gasteiger partial charge in [0.15, 0.2) is 0 Å². The van der Waals surface area contributed by atoms with Gasteiger partial charge in [-0.1, -0.05) is 87.3 Å². The van der Waals surface area contributed by atoms with Gasteiger partial charge in [0.25, 0.3) is 10.0 Å². The summed E-state index contributed by atoms with van der Waals surface area (Å²) in [5.74, 6) is -0.427. The Morgan fingerprint density at radius 3 is 2.05 bits per heavy atom. The van der Waals surface area contributed by atoms with E-state index >= 15 is 0 Å². The first kappa shape index (κ1) is 32.4. The van der Waals surface area contributed by atoms with Crippen LogP contribution in [-0.2, 0) is 26.2 Å². The van der Waals surface area contributed by atoms with Crippen LogP contribution in [0.25, 0.3) is 0 Å². The number of amides is 2. The molecule has 3 rings (SSSR count). The smallest absolute Gasteiger partial charge is 0.264 e. The quantitative estimate of drug-likeness (QED) is 0.251. The van der Waals surface area contributed by atoms with Crippen LogP contribution in [0.3, 0.4) is 0 Å². The van der Waals surface area contributed by atoms with Crippen molar-refractivity contribution in [3.05, 3.63) is 94.0 Å². The van der Waals surface area contributed by atoms with E-state index in [1.54, 1.807) is 55.5 Å². The van der Waals surface area contributed by atoms with Crippen LogP contribution >= 0.6 is 23.2 Å². The highest BCUT2D eigenvalue weighted by molar-refractivity contribution is 7.92. The van der Waals surface area contributed by atoms with Crippen molar-refractivity contribution in [2.24, 2.45) is 5.92 Å². The topological polar surface area (TPSA) is 86.8 Å². The molecule has 0 saturated carbocycles. The summed E-state index contributed by atoms with van der Waals surface area (Å²) in [6.45, 7) is 9.61. The highest BCUT2D eigenvalue weighted by Crippen LogP contribution is 2.27. The molecule has 41 heavy (non-hydrogen) atoms. The number of nitrogens with zero attached hydrogens (tertiary/aromatic N) is 2. The number of rotatable bonds is 12. The van der Waals surface area contributed by atoms with Crippen LogP contribution in [0.15, 0.2) is 77.7 Å². The number of anilines is 1. The molecule has 0 aromatic heterocycles. The van der Waals surface area contributed by atoms with Crippen molar-refractivity contribution in [1.82, 2.24) is 10.2 Å². The zero-order chi connectivity index (χ0) is 30.3. The van der Waals surface area contributed by atoms with Crippen molar-refractivity contribution < 1.29 is 18.0 Å². The lowest BCUT2D eigenvalue weighted by Gasteiger charge is -2.32. The van der Waals surface area contributed by atoms with E-state index in [0.29, 0.717) is 27.8 Å². The second kappa shape index (κ2) is 14.2. The Morgan fingerprint density at radius 1 is 0.854 bits per heavy atom. The SMILES string of the molecule is CC(C)CNC(=O)[C@@H](C)N(Cc1ccc(Cl)c(Cl)c1)C(=O)CN(c1ccc(C(C)C)cc1)S(=O)(=O)c1ccccc1. The first-order valence-corrected chi connectivity index (χ1v) is 15.7. The monoisotopic (exact) mass is 617 g/mol. The number of sulfonamides is 1. The molecule has 0 aliphatic carbocycles. The fourth-order valence-corrected chi connectivity index (χ4v) is 5.90.